The third-order valence-electron chi connectivity index (χ3n) is 2.51. The standard InChI is InChI=1S/C9H13ClO2/c1-6-4-8-9(5-7(6)10)12-3-2-11-8/h7-9H,1-5H2. The molecule has 1 saturated carbocycles. The van der Waals surface area contributed by atoms with E-state index in [2.05, 4.69) is 6.58 Å². The molecule has 1 saturated heterocycles. The van der Waals surface area contributed by atoms with E-state index < -0.39 is 0 Å². The third kappa shape index (κ3) is 1.51. The molecule has 0 amide bonds. The summed E-state index contributed by atoms with van der Waals surface area (Å²) in [6.45, 7) is 5.33. The summed E-state index contributed by atoms with van der Waals surface area (Å²) in [5.74, 6) is 0. The van der Waals surface area contributed by atoms with Crippen LogP contribution in [0.3, 0.4) is 0 Å². The molecule has 3 atom stereocenters. The number of alkyl halides is 1. The SMILES string of the molecule is C=C1CC2OCCOC2CC1Cl. The maximum Gasteiger partial charge on any atom is 0.0875 e. The van der Waals surface area contributed by atoms with Gasteiger partial charge in [-0.05, 0) is 12.8 Å². The van der Waals surface area contributed by atoms with Gasteiger partial charge in [-0.15, -0.1) is 11.6 Å². The minimum absolute atomic E-state index is 0.0768. The van der Waals surface area contributed by atoms with Crippen LogP contribution in [-0.4, -0.2) is 30.8 Å². The van der Waals surface area contributed by atoms with Crippen LogP contribution in [-0.2, 0) is 9.47 Å². The van der Waals surface area contributed by atoms with Crippen molar-refractivity contribution in [3.8, 4) is 0 Å². The van der Waals surface area contributed by atoms with Crippen LogP contribution in [0.2, 0.25) is 0 Å². The van der Waals surface area contributed by atoms with Crippen LogP contribution in [0.5, 0.6) is 0 Å². The van der Waals surface area contributed by atoms with Gasteiger partial charge in [0.1, 0.15) is 0 Å². The second-order valence-corrected chi connectivity index (χ2v) is 3.91. The molecule has 2 aliphatic rings. The molecule has 3 unspecified atom stereocenters. The Balaban J connectivity index is 2.02. The lowest BCUT2D eigenvalue weighted by Crippen LogP contribution is -2.44. The molecule has 2 rings (SSSR count). The molecule has 1 aliphatic carbocycles. The second kappa shape index (κ2) is 3.36. The van der Waals surface area contributed by atoms with Gasteiger partial charge in [-0.1, -0.05) is 12.2 Å². The Labute approximate surface area is 77.5 Å². The fourth-order valence-electron chi connectivity index (χ4n) is 1.78. The van der Waals surface area contributed by atoms with E-state index in [-0.39, 0.29) is 17.6 Å². The zero-order valence-corrected chi connectivity index (χ0v) is 7.72. The number of ether oxygens (including phenoxy) is 2. The van der Waals surface area contributed by atoms with E-state index in [9.17, 15) is 0 Å². The Morgan fingerprint density at radius 3 is 2.67 bits per heavy atom. The minimum Gasteiger partial charge on any atom is -0.373 e. The molecule has 2 fully saturated rings. The topological polar surface area (TPSA) is 18.5 Å². The van der Waals surface area contributed by atoms with Crippen molar-refractivity contribution in [3.05, 3.63) is 12.2 Å². The normalized spacial score (nSPS) is 42.4. The highest BCUT2D eigenvalue weighted by Gasteiger charge is 2.35. The quantitative estimate of drug-likeness (QED) is 0.426. The fourth-order valence-corrected chi connectivity index (χ4v) is 2.05. The largest absolute Gasteiger partial charge is 0.373 e. The Bertz CT molecular complexity index is 193. The van der Waals surface area contributed by atoms with Crippen LogP contribution in [0.25, 0.3) is 0 Å². The molecule has 0 N–H and O–H groups in total. The van der Waals surface area contributed by atoms with Crippen LogP contribution >= 0.6 is 11.6 Å². The molecule has 12 heavy (non-hydrogen) atoms. The molecule has 1 aliphatic heterocycles. The minimum atomic E-state index is 0.0768. The monoisotopic (exact) mass is 188 g/mol. The van der Waals surface area contributed by atoms with Gasteiger partial charge in [0.05, 0.1) is 30.8 Å². The summed E-state index contributed by atoms with van der Waals surface area (Å²) in [6, 6.07) is 0. The molecule has 0 aromatic heterocycles. The molecule has 0 spiro atoms. The molecule has 3 heteroatoms. The molecule has 0 bridgehead atoms. The Hall–Kier alpha value is -0.0500. The molecule has 0 aromatic carbocycles. The molecule has 68 valence electrons. The first-order chi connectivity index (χ1) is 5.77. The highest BCUT2D eigenvalue weighted by atomic mass is 35.5. The number of halogens is 1. The summed E-state index contributed by atoms with van der Waals surface area (Å²) >= 11 is 6.05. The van der Waals surface area contributed by atoms with Crippen molar-refractivity contribution >= 4 is 11.6 Å². The first-order valence-electron chi connectivity index (χ1n) is 4.32. The summed E-state index contributed by atoms with van der Waals surface area (Å²) < 4.78 is 11.1. The van der Waals surface area contributed by atoms with E-state index in [4.69, 9.17) is 21.1 Å². The van der Waals surface area contributed by atoms with Gasteiger partial charge in [0.25, 0.3) is 0 Å². The van der Waals surface area contributed by atoms with E-state index in [0.717, 1.165) is 18.4 Å². The lowest BCUT2D eigenvalue weighted by atomic mass is 9.90. The van der Waals surface area contributed by atoms with Gasteiger partial charge in [0, 0.05) is 0 Å². The van der Waals surface area contributed by atoms with Gasteiger partial charge in [-0.3, -0.25) is 0 Å². The summed E-state index contributed by atoms with van der Waals surface area (Å²) in [4.78, 5) is 0. The molecular formula is C9H13ClO2. The molecule has 0 radical (unpaired) electrons. The third-order valence-corrected chi connectivity index (χ3v) is 2.99. The van der Waals surface area contributed by atoms with E-state index in [1.807, 2.05) is 0 Å². The fraction of sp³-hybridized carbons (Fsp3) is 0.778. The number of hydrogen-bond donors (Lipinski definition) is 0. The van der Waals surface area contributed by atoms with Gasteiger partial charge < -0.3 is 9.47 Å². The molecule has 1 heterocycles. The van der Waals surface area contributed by atoms with Crippen LogP contribution in [0.1, 0.15) is 12.8 Å². The van der Waals surface area contributed by atoms with Crippen LogP contribution in [0.4, 0.5) is 0 Å². The first-order valence-corrected chi connectivity index (χ1v) is 4.76. The summed E-state index contributed by atoms with van der Waals surface area (Å²) in [5, 5.41) is 0.0768. The number of rotatable bonds is 0. The van der Waals surface area contributed by atoms with E-state index in [1.54, 1.807) is 0 Å². The average molecular weight is 189 g/mol. The summed E-state index contributed by atoms with van der Waals surface area (Å²) in [7, 11) is 0. The lowest BCUT2D eigenvalue weighted by Gasteiger charge is -2.38. The highest BCUT2D eigenvalue weighted by molar-refractivity contribution is 6.22. The van der Waals surface area contributed by atoms with Gasteiger partial charge in [0.2, 0.25) is 0 Å². The number of fused-ring (bicyclic) bond motifs is 1. The molecular weight excluding hydrogens is 176 g/mol. The van der Waals surface area contributed by atoms with Crippen molar-refractivity contribution in [2.24, 2.45) is 0 Å². The van der Waals surface area contributed by atoms with Crippen LogP contribution in [0, 0.1) is 0 Å². The van der Waals surface area contributed by atoms with Crippen molar-refractivity contribution in [1.29, 1.82) is 0 Å². The second-order valence-electron chi connectivity index (χ2n) is 3.38. The summed E-state index contributed by atoms with van der Waals surface area (Å²) in [5.41, 5.74) is 1.09. The summed E-state index contributed by atoms with van der Waals surface area (Å²) in [6.07, 6.45) is 2.12. The van der Waals surface area contributed by atoms with E-state index >= 15 is 0 Å². The average Bonchev–Trinajstić information content (AvgIpc) is 2.07. The Kier molecular flexibility index (Phi) is 2.40. The van der Waals surface area contributed by atoms with Gasteiger partial charge in [-0.2, -0.15) is 0 Å². The molecule has 2 nitrogen and oxygen atoms in total. The van der Waals surface area contributed by atoms with Gasteiger partial charge in [-0.25, -0.2) is 0 Å². The number of hydrogen-bond acceptors (Lipinski definition) is 2. The lowest BCUT2D eigenvalue weighted by molar-refractivity contribution is -0.146. The van der Waals surface area contributed by atoms with Crippen molar-refractivity contribution in [1.82, 2.24) is 0 Å². The molecule has 0 aromatic rings. The van der Waals surface area contributed by atoms with Crippen molar-refractivity contribution in [2.75, 3.05) is 13.2 Å². The van der Waals surface area contributed by atoms with E-state index in [0.29, 0.717) is 13.2 Å². The Morgan fingerprint density at radius 2 is 1.92 bits per heavy atom. The predicted molar refractivity (Wildman–Crippen MR) is 47.5 cm³/mol. The van der Waals surface area contributed by atoms with Crippen molar-refractivity contribution in [2.45, 2.75) is 30.4 Å². The van der Waals surface area contributed by atoms with Crippen molar-refractivity contribution in [3.63, 3.8) is 0 Å². The van der Waals surface area contributed by atoms with Crippen molar-refractivity contribution < 1.29 is 9.47 Å². The Morgan fingerprint density at radius 1 is 1.25 bits per heavy atom. The van der Waals surface area contributed by atoms with Gasteiger partial charge in [0.15, 0.2) is 0 Å². The smallest absolute Gasteiger partial charge is 0.0875 e. The van der Waals surface area contributed by atoms with Crippen LogP contribution < -0.4 is 0 Å². The zero-order chi connectivity index (χ0) is 8.55. The predicted octanol–water partition coefficient (Wildman–Crippen LogP) is 1.73. The maximum absolute atomic E-state index is 6.05. The van der Waals surface area contributed by atoms with E-state index in [1.165, 1.54) is 0 Å². The highest BCUT2D eigenvalue weighted by Crippen LogP contribution is 2.32. The van der Waals surface area contributed by atoms with Crippen LogP contribution in [0.15, 0.2) is 12.2 Å². The zero-order valence-electron chi connectivity index (χ0n) is 6.96. The maximum atomic E-state index is 6.05. The van der Waals surface area contributed by atoms with Gasteiger partial charge >= 0.3 is 0 Å². The first kappa shape index (κ1) is 8.54.